The highest BCUT2D eigenvalue weighted by molar-refractivity contribution is 5.44. The molecule has 20 heavy (non-hydrogen) atoms. The highest BCUT2D eigenvalue weighted by Crippen LogP contribution is 2.57. The van der Waals surface area contributed by atoms with Crippen LogP contribution in [0.25, 0.3) is 0 Å². The monoisotopic (exact) mass is 270 g/mol. The number of benzene rings is 1. The maximum absolute atomic E-state index is 2.56. The van der Waals surface area contributed by atoms with E-state index in [1.54, 1.807) is 16.7 Å². The van der Waals surface area contributed by atoms with E-state index < -0.39 is 0 Å². The second kappa shape index (κ2) is 4.61. The number of fused-ring (bicyclic) bond motifs is 3. The van der Waals surface area contributed by atoms with Crippen LogP contribution < -0.4 is 0 Å². The Labute approximate surface area is 125 Å². The smallest absolute Gasteiger partial charge is 0.00390 e. The van der Waals surface area contributed by atoms with Gasteiger partial charge < -0.3 is 0 Å². The summed E-state index contributed by atoms with van der Waals surface area (Å²) in [5.74, 6) is 1.51. The Kier molecular flexibility index (Phi) is 3.27. The zero-order chi connectivity index (χ0) is 14.5. The Bertz CT molecular complexity index is 509. The van der Waals surface area contributed by atoms with Crippen molar-refractivity contribution in [2.45, 2.75) is 78.1 Å². The molecule has 0 saturated heterocycles. The first-order chi connectivity index (χ1) is 9.36. The lowest BCUT2D eigenvalue weighted by Crippen LogP contribution is -2.48. The molecule has 0 aliphatic heterocycles. The molecule has 0 bridgehead atoms. The van der Waals surface area contributed by atoms with Gasteiger partial charge in [0.25, 0.3) is 0 Å². The predicted molar refractivity (Wildman–Crippen MR) is 87.3 cm³/mol. The Balaban J connectivity index is 2.13. The molecule has 0 heterocycles. The van der Waals surface area contributed by atoms with E-state index >= 15 is 0 Å². The van der Waals surface area contributed by atoms with Crippen molar-refractivity contribution in [2.24, 2.45) is 11.3 Å². The van der Waals surface area contributed by atoms with Crippen molar-refractivity contribution in [3.05, 3.63) is 34.9 Å². The van der Waals surface area contributed by atoms with Crippen LogP contribution in [0.15, 0.2) is 18.2 Å². The van der Waals surface area contributed by atoms with Crippen molar-refractivity contribution in [1.29, 1.82) is 0 Å². The van der Waals surface area contributed by atoms with Crippen LogP contribution in [0.3, 0.4) is 0 Å². The fourth-order valence-corrected chi connectivity index (χ4v) is 5.40. The summed E-state index contributed by atoms with van der Waals surface area (Å²) in [5, 5.41) is 0. The lowest BCUT2D eigenvalue weighted by Gasteiger charge is -2.54. The van der Waals surface area contributed by atoms with Gasteiger partial charge >= 0.3 is 0 Å². The summed E-state index contributed by atoms with van der Waals surface area (Å²) in [6.07, 6.45) is 6.88. The van der Waals surface area contributed by atoms with Crippen molar-refractivity contribution in [3.8, 4) is 0 Å². The van der Waals surface area contributed by atoms with E-state index in [4.69, 9.17) is 0 Å². The molecule has 1 saturated carbocycles. The Morgan fingerprint density at radius 1 is 1.10 bits per heavy atom. The maximum atomic E-state index is 2.56. The summed E-state index contributed by atoms with van der Waals surface area (Å²) >= 11 is 0. The Morgan fingerprint density at radius 2 is 1.85 bits per heavy atom. The minimum Gasteiger partial charge on any atom is -0.0617 e. The standard InChI is InChI=1S/C20H30/c1-14(2)15-8-6-9-17-16(15)10-11-18-19(3,4)12-7-13-20(17,18)5/h6,8-9,14,18H,7,10-13H2,1-5H3/t18-,20+/m0/s1. The molecule has 1 aromatic rings. The highest BCUT2D eigenvalue weighted by Gasteiger charge is 2.49. The SMILES string of the molecule is CC(C)c1cccc2c1CC[C@H]1C(C)(C)CCC[C@]21C. The van der Waals surface area contributed by atoms with Gasteiger partial charge in [-0.2, -0.15) is 0 Å². The van der Waals surface area contributed by atoms with Gasteiger partial charge in [0.05, 0.1) is 0 Å². The van der Waals surface area contributed by atoms with Crippen molar-refractivity contribution < 1.29 is 0 Å². The fraction of sp³-hybridized carbons (Fsp3) is 0.700. The van der Waals surface area contributed by atoms with Crippen LogP contribution in [-0.4, -0.2) is 0 Å². The van der Waals surface area contributed by atoms with Crippen molar-refractivity contribution in [2.75, 3.05) is 0 Å². The molecule has 110 valence electrons. The third-order valence-corrected chi connectivity index (χ3v) is 6.36. The van der Waals surface area contributed by atoms with Gasteiger partial charge in [0.2, 0.25) is 0 Å². The van der Waals surface area contributed by atoms with Gasteiger partial charge in [0.15, 0.2) is 0 Å². The summed E-state index contributed by atoms with van der Waals surface area (Å²) < 4.78 is 0. The first-order valence-electron chi connectivity index (χ1n) is 8.48. The minimum absolute atomic E-state index is 0.417. The molecule has 0 spiro atoms. The molecule has 0 aromatic heterocycles. The van der Waals surface area contributed by atoms with Crippen LogP contribution in [0, 0.1) is 11.3 Å². The number of hydrogen-bond acceptors (Lipinski definition) is 0. The molecule has 0 radical (unpaired) electrons. The van der Waals surface area contributed by atoms with E-state index in [1.807, 2.05) is 0 Å². The molecule has 2 aliphatic rings. The van der Waals surface area contributed by atoms with E-state index in [2.05, 4.69) is 52.8 Å². The van der Waals surface area contributed by atoms with Crippen LogP contribution in [0.2, 0.25) is 0 Å². The molecule has 0 nitrogen and oxygen atoms in total. The lowest BCUT2D eigenvalue weighted by atomic mass is 9.50. The highest BCUT2D eigenvalue weighted by atomic mass is 14.5. The lowest BCUT2D eigenvalue weighted by molar-refractivity contribution is 0.0405. The van der Waals surface area contributed by atoms with Gasteiger partial charge in [-0.05, 0) is 65.0 Å². The van der Waals surface area contributed by atoms with Gasteiger partial charge in [0, 0.05) is 0 Å². The molecule has 0 unspecified atom stereocenters. The second-order valence-corrected chi connectivity index (χ2v) is 8.38. The van der Waals surface area contributed by atoms with Gasteiger partial charge in [0.1, 0.15) is 0 Å². The molecule has 0 heteroatoms. The Hall–Kier alpha value is -0.780. The van der Waals surface area contributed by atoms with E-state index in [0.29, 0.717) is 16.7 Å². The second-order valence-electron chi connectivity index (χ2n) is 8.38. The number of rotatable bonds is 1. The average molecular weight is 270 g/mol. The summed E-state index contributed by atoms with van der Waals surface area (Å²) in [5.41, 5.74) is 5.91. The van der Waals surface area contributed by atoms with Gasteiger partial charge in [-0.3, -0.25) is 0 Å². The van der Waals surface area contributed by atoms with Crippen LogP contribution in [0.1, 0.15) is 82.9 Å². The van der Waals surface area contributed by atoms with Crippen LogP contribution in [-0.2, 0) is 11.8 Å². The molecule has 0 N–H and O–H groups in total. The maximum Gasteiger partial charge on any atom is -0.00390 e. The molecule has 0 amide bonds. The molecule has 1 aromatic carbocycles. The first-order valence-corrected chi connectivity index (χ1v) is 8.48. The molecule has 2 atom stereocenters. The topological polar surface area (TPSA) is 0 Å². The van der Waals surface area contributed by atoms with E-state index in [-0.39, 0.29) is 0 Å². The molecule has 2 aliphatic carbocycles. The molecular formula is C20H30. The van der Waals surface area contributed by atoms with Crippen molar-refractivity contribution >= 4 is 0 Å². The van der Waals surface area contributed by atoms with Crippen LogP contribution in [0.4, 0.5) is 0 Å². The van der Waals surface area contributed by atoms with Crippen molar-refractivity contribution in [1.82, 2.24) is 0 Å². The largest absolute Gasteiger partial charge is 0.0617 e. The van der Waals surface area contributed by atoms with E-state index in [0.717, 1.165) is 5.92 Å². The summed E-state index contributed by atoms with van der Waals surface area (Å²) in [4.78, 5) is 0. The summed E-state index contributed by atoms with van der Waals surface area (Å²) in [6, 6.07) is 7.11. The first kappa shape index (κ1) is 14.2. The van der Waals surface area contributed by atoms with Crippen LogP contribution in [0.5, 0.6) is 0 Å². The minimum atomic E-state index is 0.417. The quantitative estimate of drug-likeness (QED) is 0.601. The molecular weight excluding hydrogens is 240 g/mol. The summed E-state index contributed by atoms with van der Waals surface area (Å²) in [7, 11) is 0. The molecule has 1 fully saturated rings. The zero-order valence-corrected chi connectivity index (χ0v) is 13.9. The van der Waals surface area contributed by atoms with Gasteiger partial charge in [-0.25, -0.2) is 0 Å². The van der Waals surface area contributed by atoms with E-state index in [9.17, 15) is 0 Å². The third kappa shape index (κ3) is 1.95. The third-order valence-electron chi connectivity index (χ3n) is 6.36. The zero-order valence-electron chi connectivity index (χ0n) is 13.9. The van der Waals surface area contributed by atoms with E-state index in [1.165, 1.54) is 32.1 Å². The van der Waals surface area contributed by atoms with Gasteiger partial charge in [-0.15, -0.1) is 0 Å². The number of hydrogen-bond donors (Lipinski definition) is 0. The Morgan fingerprint density at radius 3 is 2.55 bits per heavy atom. The summed E-state index contributed by atoms with van der Waals surface area (Å²) in [6.45, 7) is 12.3. The van der Waals surface area contributed by atoms with Crippen LogP contribution >= 0.6 is 0 Å². The molecule has 3 rings (SSSR count). The average Bonchev–Trinajstić information content (AvgIpc) is 2.37. The predicted octanol–water partition coefficient (Wildman–Crippen LogP) is 5.84. The van der Waals surface area contributed by atoms with Gasteiger partial charge in [-0.1, -0.05) is 59.2 Å². The van der Waals surface area contributed by atoms with Crippen molar-refractivity contribution in [3.63, 3.8) is 0 Å². The fourth-order valence-electron chi connectivity index (χ4n) is 5.40. The normalized spacial score (nSPS) is 31.8.